The SMILES string of the molecule is CCCNC(=O)CN(C)[C@@H](C)C(=O)Nc1cccc2ccccc12. The highest BCUT2D eigenvalue weighted by atomic mass is 16.2. The quantitative estimate of drug-likeness (QED) is 0.822. The van der Waals surface area contributed by atoms with Crippen molar-refractivity contribution in [3.63, 3.8) is 0 Å². The molecule has 0 bridgehead atoms. The van der Waals surface area contributed by atoms with Crippen LogP contribution in [0.5, 0.6) is 0 Å². The van der Waals surface area contributed by atoms with Gasteiger partial charge in [0.2, 0.25) is 11.8 Å². The first-order chi connectivity index (χ1) is 11.5. The van der Waals surface area contributed by atoms with Crippen LogP contribution in [0.2, 0.25) is 0 Å². The van der Waals surface area contributed by atoms with Crippen LogP contribution in [0.1, 0.15) is 20.3 Å². The summed E-state index contributed by atoms with van der Waals surface area (Å²) in [4.78, 5) is 26.0. The molecule has 0 aliphatic rings. The third-order valence-corrected chi connectivity index (χ3v) is 4.05. The summed E-state index contributed by atoms with van der Waals surface area (Å²) < 4.78 is 0. The van der Waals surface area contributed by atoms with Gasteiger partial charge in [-0.15, -0.1) is 0 Å². The van der Waals surface area contributed by atoms with Gasteiger partial charge in [0.25, 0.3) is 0 Å². The zero-order valence-electron chi connectivity index (χ0n) is 14.5. The van der Waals surface area contributed by atoms with Gasteiger partial charge in [0.1, 0.15) is 0 Å². The van der Waals surface area contributed by atoms with E-state index in [1.165, 1.54) is 0 Å². The Balaban J connectivity index is 2.01. The molecule has 128 valence electrons. The van der Waals surface area contributed by atoms with E-state index < -0.39 is 6.04 Å². The summed E-state index contributed by atoms with van der Waals surface area (Å²) >= 11 is 0. The molecule has 2 amide bonds. The molecule has 1 atom stereocenters. The van der Waals surface area contributed by atoms with Gasteiger partial charge >= 0.3 is 0 Å². The fraction of sp³-hybridized carbons (Fsp3) is 0.368. The first-order valence-corrected chi connectivity index (χ1v) is 8.28. The second-order valence-corrected chi connectivity index (χ2v) is 5.96. The van der Waals surface area contributed by atoms with Gasteiger partial charge in [-0.05, 0) is 31.8 Å². The minimum atomic E-state index is -0.406. The molecule has 0 spiro atoms. The first-order valence-electron chi connectivity index (χ1n) is 8.28. The van der Waals surface area contributed by atoms with Crippen LogP contribution in [0.25, 0.3) is 10.8 Å². The van der Waals surface area contributed by atoms with Crippen LogP contribution in [0.4, 0.5) is 5.69 Å². The molecule has 0 aromatic heterocycles. The normalized spacial score (nSPS) is 12.2. The molecule has 2 aromatic rings. The molecule has 0 aliphatic carbocycles. The van der Waals surface area contributed by atoms with Crippen LogP contribution >= 0.6 is 0 Å². The lowest BCUT2D eigenvalue weighted by Crippen LogP contribution is -2.44. The Morgan fingerprint density at radius 2 is 1.83 bits per heavy atom. The average Bonchev–Trinajstić information content (AvgIpc) is 2.59. The van der Waals surface area contributed by atoms with Crippen molar-refractivity contribution in [3.8, 4) is 0 Å². The molecular weight excluding hydrogens is 302 g/mol. The monoisotopic (exact) mass is 327 g/mol. The van der Waals surface area contributed by atoms with Crippen molar-refractivity contribution >= 4 is 28.3 Å². The highest BCUT2D eigenvalue weighted by Crippen LogP contribution is 2.23. The van der Waals surface area contributed by atoms with E-state index in [2.05, 4.69) is 10.6 Å². The molecule has 5 heteroatoms. The molecule has 2 N–H and O–H groups in total. The smallest absolute Gasteiger partial charge is 0.241 e. The minimum absolute atomic E-state index is 0.0656. The van der Waals surface area contributed by atoms with Crippen molar-refractivity contribution in [2.24, 2.45) is 0 Å². The Bertz CT molecular complexity index is 709. The molecule has 0 saturated heterocycles. The molecule has 0 fully saturated rings. The highest BCUT2D eigenvalue weighted by Gasteiger charge is 2.20. The molecule has 0 aliphatic heterocycles. The van der Waals surface area contributed by atoms with Crippen molar-refractivity contribution in [1.82, 2.24) is 10.2 Å². The largest absolute Gasteiger partial charge is 0.355 e. The van der Waals surface area contributed by atoms with Crippen LogP contribution in [0.15, 0.2) is 42.5 Å². The molecule has 0 heterocycles. The van der Waals surface area contributed by atoms with Gasteiger partial charge in [0, 0.05) is 17.6 Å². The number of carbonyl (C=O) groups is 2. The second-order valence-electron chi connectivity index (χ2n) is 5.96. The van der Waals surface area contributed by atoms with Gasteiger partial charge in [-0.2, -0.15) is 0 Å². The number of carbonyl (C=O) groups excluding carboxylic acids is 2. The Kier molecular flexibility index (Phi) is 6.32. The van der Waals surface area contributed by atoms with Crippen molar-refractivity contribution in [2.45, 2.75) is 26.3 Å². The molecule has 0 radical (unpaired) electrons. The van der Waals surface area contributed by atoms with Crippen LogP contribution in [0.3, 0.4) is 0 Å². The van der Waals surface area contributed by atoms with E-state index in [1.807, 2.05) is 49.4 Å². The van der Waals surface area contributed by atoms with Gasteiger partial charge in [-0.25, -0.2) is 0 Å². The second kappa shape index (κ2) is 8.45. The third kappa shape index (κ3) is 4.55. The average molecular weight is 327 g/mol. The third-order valence-electron chi connectivity index (χ3n) is 4.05. The number of nitrogens with one attached hydrogen (secondary N) is 2. The van der Waals surface area contributed by atoms with E-state index in [9.17, 15) is 9.59 Å². The maximum atomic E-state index is 12.5. The number of rotatable bonds is 7. The summed E-state index contributed by atoms with van der Waals surface area (Å²) in [6.07, 6.45) is 0.895. The topological polar surface area (TPSA) is 61.4 Å². The maximum Gasteiger partial charge on any atom is 0.241 e. The van der Waals surface area contributed by atoms with Crippen LogP contribution in [-0.2, 0) is 9.59 Å². The Morgan fingerprint density at radius 3 is 2.58 bits per heavy atom. The van der Waals surface area contributed by atoms with Gasteiger partial charge in [0.05, 0.1) is 12.6 Å². The zero-order chi connectivity index (χ0) is 17.5. The molecule has 0 unspecified atom stereocenters. The number of benzene rings is 2. The summed E-state index contributed by atoms with van der Waals surface area (Å²) in [5.41, 5.74) is 0.786. The zero-order valence-corrected chi connectivity index (χ0v) is 14.5. The van der Waals surface area contributed by atoms with Crippen molar-refractivity contribution in [1.29, 1.82) is 0 Å². The van der Waals surface area contributed by atoms with Crippen molar-refractivity contribution < 1.29 is 9.59 Å². The number of likely N-dealkylation sites (N-methyl/N-ethyl adjacent to an activating group) is 1. The maximum absolute atomic E-state index is 12.5. The van der Waals surface area contributed by atoms with E-state index in [0.29, 0.717) is 6.54 Å². The molecule has 2 rings (SSSR count). The summed E-state index contributed by atoms with van der Waals surface area (Å²) in [6, 6.07) is 13.3. The van der Waals surface area contributed by atoms with Crippen molar-refractivity contribution in [2.75, 3.05) is 25.5 Å². The van der Waals surface area contributed by atoms with Gasteiger partial charge in [0.15, 0.2) is 0 Å². The minimum Gasteiger partial charge on any atom is -0.355 e. The summed E-state index contributed by atoms with van der Waals surface area (Å²) in [7, 11) is 1.78. The molecule has 2 aromatic carbocycles. The van der Waals surface area contributed by atoms with E-state index in [-0.39, 0.29) is 18.4 Å². The number of hydrogen-bond acceptors (Lipinski definition) is 3. The summed E-state index contributed by atoms with van der Waals surface area (Å²) in [5, 5.41) is 7.87. The lowest BCUT2D eigenvalue weighted by Gasteiger charge is -2.23. The van der Waals surface area contributed by atoms with Crippen LogP contribution in [-0.4, -0.2) is 42.9 Å². The van der Waals surface area contributed by atoms with Crippen LogP contribution in [0, 0.1) is 0 Å². The highest BCUT2D eigenvalue weighted by molar-refractivity contribution is 6.03. The van der Waals surface area contributed by atoms with Gasteiger partial charge in [-0.1, -0.05) is 43.3 Å². The fourth-order valence-electron chi connectivity index (χ4n) is 2.46. The number of amides is 2. The molecule has 5 nitrogen and oxygen atoms in total. The molecule has 24 heavy (non-hydrogen) atoms. The first kappa shape index (κ1) is 17.9. The Labute approximate surface area is 143 Å². The van der Waals surface area contributed by atoms with Crippen molar-refractivity contribution in [3.05, 3.63) is 42.5 Å². The van der Waals surface area contributed by atoms with E-state index in [4.69, 9.17) is 0 Å². The lowest BCUT2D eigenvalue weighted by atomic mass is 10.1. The van der Waals surface area contributed by atoms with Gasteiger partial charge in [-0.3, -0.25) is 14.5 Å². The number of hydrogen-bond donors (Lipinski definition) is 2. The van der Waals surface area contributed by atoms with E-state index in [0.717, 1.165) is 22.9 Å². The predicted molar refractivity (Wildman–Crippen MR) is 98.0 cm³/mol. The van der Waals surface area contributed by atoms with Gasteiger partial charge < -0.3 is 10.6 Å². The standard InChI is InChI=1S/C19H25N3O2/c1-4-12-20-18(23)13-22(3)14(2)19(24)21-17-11-7-9-15-8-5-6-10-16(15)17/h5-11,14H,4,12-13H2,1-3H3,(H,20,23)(H,21,24)/t14-/m0/s1. The number of fused-ring (bicyclic) bond motifs is 1. The molecular formula is C19H25N3O2. The Hall–Kier alpha value is -2.40. The molecule has 0 saturated carbocycles. The van der Waals surface area contributed by atoms with Crippen LogP contribution < -0.4 is 10.6 Å². The lowest BCUT2D eigenvalue weighted by molar-refractivity contribution is -0.124. The fourth-order valence-corrected chi connectivity index (χ4v) is 2.46. The Morgan fingerprint density at radius 1 is 1.12 bits per heavy atom. The predicted octanol–water partition coefficient (Wildman–Crippen LogP) is 2.62. The summed E-state index contributed by atoms with van der Waals surface area (Å²) in [5.74, 6) is -0.193. The number of nitrogens with zero attached hydrogens (tertiary/aromatic N) is 1. The van der Waals surface area contributed by atoms with E-state index in [1.54, 1.807) is 18.9 Å². The summed E-state index contributed by atoms with van der Waals surface area (Å²) in [6.45, 7) is 4.66. The van der Waals surface area contributed by atoms with E-state index >= 15 is 0 Å². The number of anilines is 1.